The zero-order valence-corrected chi connectivity index (χ0v) is 19.6. The summed E-state index contributed by atoms with van der Waals surface area (Å²) in [6.45, 7) is 8.02. The van der Waals surface area contributed by atoms with Crippen LogP contribution in [-0.4, -0.2) is 74.2 Å². The van der Waals surface area contributed by atoms with Gasteiger partial charge in [0.2, 0.25) is 5.76 Å². The highest BCUT2D eigenvalue weighted by Gasteiger charge is 2.24. The van der Waals surface area contributed by atoms with Gasteiger partial charge in [-0.15, -0.1) is 0 Å². The fourth-order valence-electron chi connectivity index (χ4n) is 3.97. The van der Waals surface area contributed by atoms with Crippen LogP contribution >= 0.6 is 0 Å². The number of rotatable bonds is 9. The third-order valence-electron chi connectivity index (χ3n) is 5.88. The molecule has 0 radical (unpaired) electrons. The standard InChI is InChI=1S/C26H30N2O6/c1-3-31-21-9-10-23-22(17-21)19(2)25(34-23)26(30)33-18-24(29)28-13-11-27(12-14-28)15-16-32-20-7-5-4-6-8-20/h4-10,17H,3,11-16,18H2,1-2H3. The molecular weight excluding hydrogens is 436 g/mol. The van der Waals surface area contributed by atoms with Crippen LogP contribution in [0.4, 0.5) is 0 Å². The van der Waals surface area contributed by atoms with Gasteiger partial charge in [0.05, 0.1) is 6.61 Å². The lowest BCUT2D eigenvalue weighted by Crippen LogP contribution is -2.50. The van der Waals surface area contributed by atoms with Crippen molar-refractivity contribution < 1.29 is 28.2 Å². The van der Waals surface area contributed by atoms with Crippen LogP contribution in [0.1, 0.15) is 23.0 Å². The minimum atomic E-state index is -0.642. The number of ether oxygens (including phenoxy) is 3. The average molecular weight is 467 g/mol. The van der Waals surface area contributed by atoms with Crippen molar-refractivity contribution in [1.29, 1.82) is 0 Å². The van der Waals surface area contributed by atoms with Crippen LogP contribution in [0.15, 0.2) is 52.9 Å². The van der Waals surface area contributed by atoms with Crippen molar-refractivity contribution >= 4 is 22.8 Å². The van der Waals surface area contributed by atoms with E-state index in [1.165, 1.54) is 0 Å². The first-order valence-corrected chi connectivity index (χ1v) is 11.6. The monoisotopic (exact) mass is 466 g/mol. The molecule has 1 aromatic heterocycles. The molecule has 34 heavy (non-hydrogen) atoms. The van der Waals surface area contributed by atoms with Gasteiger partial charge < -0.3 is 23.5 Å². The number of hydrogen-bond acceptors (Lipinski definition) is 7. The highest BCUT2D eigenvalue weighted by atomic mass is 16.5. The van der Waals surface area contributed by atoms with Gasteiger partial charge in [0, 0.05) is 43.7 Å². The van der Waals surface area contributed by atoms with E-state index >= 15 is 0 Å². The van der Waals surface area contributed by atoms with E-state index in [4.69, 9.17) is 18.6 Å². The molecule has 0 aliphatic carbocycles. The van der Waals surface area contributed by atoms with Gasteiger partial charge in [0.25, 0.3) is 5.91 Å². The third-order valence-corrected chi connectivity index (χ3v) is 5.88. The van der Waals surface area contributed by atoms with Crippen molar-refractivity contribution in [2.75, 3.05) is 52.5 Å². The van der Waals surface area contributed by atoms with Gasteiger partial charge in [-0.2, -0.15) is 0 Å². The molecule has 1 aliphatic rings. The summed E-state index contributed by atoms with van der Waals surface area (Å²) in [7, 11) is 0. The molecule has 2 heterocycles. The van der Waals surface area contributed by atoms with Crippen molar-refractivity contribution in [3.63, 3.8) is 0 Å². The summed E-state index contributed by atoms with van der Waals surface area (Å²) >= 11 is 0. The summed E-state index contributed by atoms with van der Waals surface area (Å²) in [6, 6.07) is 15.1. The van der Waals surface area contributed by atoms with Gasteiger partial charge in [-0.25, -0.2) is 4.79 Å². The van der Waals surface area contributed by atoms with Crippen molar-refractivity contribution in [2.24, 2.45) is 0 Å². The molecule has 0 saturated carbocycles. The molecule has 8 nitrogen and oxygen atoms in total. The quantitative estimate of drug-likeness (QED) is 0.446. The number of nitrogens with zero attached hydrogens (tertiary/aromatic N) is 2. The first kappa shape index (κ1) is 23.6. The van der Waals surface area contributed by atoms with E-state index < -0.39 is 5.97 Å². The zero-order chi connectivity index (χ0) is 23.9. The van der Waals surface area contributed by atoms with Crippen LogP contribution in [0.2, 0.25) is 0 Å². The Labute approximate surface area is 199 Å². The highest BCUT2D eigenvalue weighted by Crippen LogP contribution is 2.29. The minimum absolute atomic E-state index is 0.111. The maximum Gasteiger partial charge on any atom is 0.375 e. The molecule has 1 saturated heterocycles. The number of furan rings is 1. The summed E-state index contributed by atoms with van der Waals surface area (Å²) in [4.78, 5) is 29.1. The predicted molar refractivity (Wildman–Crippen MR) is 127 cm³/mol. The maximum absolute atomic E-state index is 12.6. The van der Waals surface area contributed by atoms with Gasteiger partial charge in [0.1, 0.15) is 23.7 Å². The lowest BCUT2D eigenvalue weighted by molar-refractivity contribution is -0.136. The molecule has 4 rings (SSSR count). The first-order chi connectivity index (χ1) is 16.5. The Kier molecular flexibility index (Phi) is 7.69. The SMILES string of the molecule is CCOc1ccc2oc(C(=O)OCC(=O)N3CCN(CCOc4ccccc4)CC3)c(C)c2c1. The largest absolute Gasteiger partial charge is 0.494 e. The summed E-state index contributed by atoms with van der Waals surface area (Å²) in [6.07, 6.45) is 0. The van der Waals surface area contributed by atoms with Crippen molar-refractivity contribution in [3.8, 4) is 11.5 Å². The van der Waals surface area contributed by atoms with Gasteiger partial charge in [-0.05, 0) is 44.2 Å². The van der Waals surface area contributed by atoms with Crippen LogP contribution in [-0.2, 0) is 9.53 Å². The number of fused-ring (bicyclic) bond motifs is 1. The normalized spacial score (nSPS) is 14.2. The molecule has 3 aromatic rings. The number of esters is 1. The van der Waals surface area contributed by atoms with Crippen LogP contribution in [0, 0.1) is 6.92 Å². The second-order valence-corrected chi connectivity index (χ2v) is 8.11. The molecular formula is C26H30N2O6. The first-order valence-electron chi connectivity index (χ1n) is 11.6. The van der Waals surface area contributed by atoms with Gasteiger partial charge in [-0.3, -0.25) is 9.69 Å². The van der Waals surface area contributed by atoms with E-state index in [0.717, 1.165) is 30.8 Å². The van der Waals surface area contributed by atoms with Crippen LogP contribution in [0.5, 0.6) is 11.5 Å². The Hall–Kier alpha value is -3.52. The Morgan fingerprint density at radius 3 is 2.47 bits per heavy atom. The molecule has 0 unspecified atom stereocenters. The number of benzene rings is 2. The van der Waals surface area contributed by atoms with Gasteiger partial charge in [0.15, 0.2) is 6.61 Å². The summed E-state index contributed by atoms with van der Waals surface area (Å²) in [5, 5.41) is 0.789. The summed E-state index contributed by atoms with van der Waals surface area (Å²) in [5.41, 5.74) is 1.24. The van der Waals surface area contributed by atoms with Crippen LogP contribution in [0.3, 0.4) is 0 Å². The number of amides is 1. The average Bonchev–Trinajstić information content (AvgIpc) is 3.19. The summed E-state index contributed by atoms with van der Waals surface area (Å²) < 4.78 is 22.2. The Morgan fingerprint density at radius 1 is 0.971 bits per heavy atom. The van der Waals surface area contributed by atoms with Crippen LogP contribution < -0.4 is 9.47 Å². The smallest absolute Gasteiger partial charge is 0.375 e. The second-order valence-electron chi connectivity index (χ2n) is 8.11. The molecule has 8 heteroatoms. The van der Waals surface area contributed by atoms with Gasteiger partial charge in [-0.1, -0.05) is 18.2 Å². The third kappa shape index (κ3) is 5.69. The van der Waals surface area contributed by atoms with E-state index in [1.807, 2.05) is 43.3 Å². The van der Waals surface area contributed by atoms with E-state index in [-0.39, 0.29) is 18.3 Å². The van der Waals surface area contributed by atoms with E-state index in [1.54, 1.807) is 24.0 Å². The number of carbonyl (C=O) groups excluding carboxylic acids is 2. The Bertz CT molecular complexity index is 1120. The fourth-order valence-corrected chi connectivity index (χ4v) is 3.97. The maximum atomic E-state index is 12.6. The molecule has 0 spiro atoms. The molecule has 1 amide bonds. The summed E-state index contributed by atoms with van der Waals surface area (Å²) in [5.74, 6) is 0.824. The molecule has 0 N–H and O–H groups in total. The van der Waals surface area contributed by atoms with Crippen molar-refractivity contribution in [1.82, 2.24) is 9.80 Å². The van der Waals surface area contributed by atoms with Crippen molar-refractivity contribution in [2.45, 2.75) is 13.8 Å². The molecule has 1 aliphatic heterocycles. The second kappa shape index (κ2) is 11.1. The number of piperazine rings is 1. The van der Waals surface area contributed by atoms with Crippen LogP contribution in [0.25, 0.3) is 11.0 Å². The number of carbonyl (C=O) groups is 2. The predicted octanol–water partition coefficient (Wildman–Crippen LogP) is 3.52. The number of para-hydroxylation sites is 1. The minimum Gasteiger partial charge on any atom is -0.494 e. The fraction of sp³-hybridized carbons (Fsp3) is 0.385. The number of hydrogen-bond donors (Lipinski definition) is 0. The topological polar surface area (TPSA) is 81.5 Å². The lowest BCUT2D eigenvalue weighted by Gasteiger charge is -2.34. The van der Waals surface area contributed by atoms with Gasteiger partial charge >= 0.3 is 5.97 Å². The van der Waals surface area contributed by atoms with E-state index in [0.29, 0.717) is 43.2 Å². The molecule has 0 atom stereocenters. The molecule has 180 valence electrons. The lowest BCUT2D eigenvalue weighted by atomic mass is 10.1. The van der Waals surface area contributed by atoms with E-state index in [2.05, 4.69) is 4.90 Å². The number of aryl methyl sites for hydroxylation is 1. The molecule has 1 fully saturated rings. The van der Waals surface area contributed by atoms with E-state index in [9.17, 15) is 9.59 Å². The molecule has 2 aromatic carbocycles. The Morgan fingerprint density at radius 2 is 1.74 bits per heavy atom. The zero-order valence-electron chi connectivity index (χ0n) is 19.6. The van der Waals surface area contributed by atoms with Crippen molar-refractivity contribution in [3.05, 3.63) is 59.9 Å². The Balaban J connectivity index is 1.22. The molecule has 0 bridgehead atoms. The highest BCUT2D eigenvalue weighted by molar-refractivity contribution is 5.97.